The van der Waals surface area contributed by atoms with Gasteiger partial charge in [-0.25, -0.2) is 4.98 Å². The van der Waals surface area contributed by atoms with Crippen molar-refractivity contribution in [1.29, 1.82) is 0 Å². The normalized spacial score (nSPS) is 16.6. The van der Waals surface area contributed by atoms with Crippen LogP contribution in [0.3, 0.4) is 0 Å². The minimum atomic E-state index is 0.362. The van der Waals surface area contributed by atoms with Crippen LogP contribution in [0.15, 0.2) is 48.5 Å². The fraction of sp³-hybridized carbons (Fsp3) is 0.316. The molecule has 0 fully saturated rings. The Hall–Kier alpha value is -2.13. The summed E-state index contributed by atoms with van der Waals surface area (Å²) in [5, 5.41) is 0. The van der Waals surface area contributed by atoms with E-state index in [9.17, 15) is 0 Å². The number of fused-ring (bicyclic) bond motifs is 2. The van der Waals surface area contributed by atoms with Gasteiger partial charge in [0, 0.05) is 13.1 Å². The first-order valence-electron chi connectivity index (χ1n) is 8.10. The third-order valence-corrected chi connectivity index (χ3v) is 4.71. The van der Waals surface area contributed by atoms with Crippen molar-refractivity contribution >= 4 is 11.0 Å². The molecule has 3 heteroatoms. The van der Waals surface area contributed by atoms with Gasteiger partial charge in [-0.3, -0.25) is 4.90 Å². The molecule has 1 atom stereocenters. The van der Waals surface area contributed by atoms with Crippen LogP contribution in [-0.4, -0.2) is 21.4 Å². The van der Waals surface area contributed by atoms with E-state index in [2.05, 4.69) is 59.3 Å². The van der Waals surface area contributed by atoms with Gasteiger partial charge >= 0.3 is 0 Å². The topological polar surface area (TPSA) is 31.9 Å². The molecule has 0 spiro atoms. The summed E-state index contributed by atoms with van der Waals surface area (Å²) < 4.78 is 0. The third-order valence-electron chi connectivity index (χ3n) is 4.71. The Balaban J connectivity index is 1.65. The number of hydrogen-bond donors (Lipinski definition) is 1. The van der Waals surface area contributed by atoms with E-state index in [-0.39, 0.29) is 0 Å². The number of aromatic amines is 1. The molecule has 22 heavy (non-hydrogen) atoms. The van der Waals surface area contributed by atoms with Crippen molar-refractivity contribution in [3.05, 3.63) is 65.5 Å². The molecule has 1 aliphatic rings. The SMILES string of the molecule is CCC(c1nc2ccccc2[nH]1)N1CCc2ccccc2C1. The number of imidazole rings is 1. The summed E-state index contributed by atoms with van der Waals surface area (Å²) in [6, 6.07) is 17.4. The summed E-state index contributed by atoms with van der Waals surface area (Å²) in [5.41, 5.74) is 5.16. The molecular formula is C19H21N3. The fourth-order valence-electron chi connectivity index (χ4n) is 3.54. The van der Waals surface area contributed by atoms with Crippen molar-refractivity contribution in [2.45, 2.75) is 32.4 Å². The molecule has 0 bridgehead atoms. The summed E-state index contributed by atoms with van der Waals surface area (Å²) in [6.45, 7) is 4.37. The van der Waals surface area contributed by atoms with Crippen LogP contribution in [0.5, 0.6) is 0 Å². The first kappa shape index (κ1) is 13.5. The van der Waals surface area contributed by atoms with Gasteiger partial charge in [-0.15, -0.1) is 0 Å². The minimum absolute atomic E-state index is 0.362. The average molecular weight is 291 g/mol. The van der Waals surface area contributed by atoms with Crippen LogP contribution in [0.1, 0.15) is 36.3 Å². The van der Waals surface area contributed by atoms with Crippen LogP contribution >= 0.6 is 0 Å². The highest BCUT2D eigenvalue weighted by Gasteiger charge is 2.25. The van der Waals surface area contributed by atoms with E-state index in [1.807, 2.05) is 6.07 Å². The van der Waals surface area contributed by atoms with Gasteiger partial charge in [0.25, 0.3) is 0 Å². The Morgan fingerprint density at radius 2 is 1.86 bits per heavy atom. The molecule has 0 amide bonds. The average Bonchev–Trinajstić information content (AvgIpc) is 2.99. The van der Waals surface area contributed by atoms with Gasteiger partial charge in [-0.2, -0.15) is 0 Å². The zero-order chi connectivity index (χ0) is 14.9. The van der Waals surface area contributed by atoms with Gasteiger partial charge < -0.3 is 4.98 Å². The first-order chi connectivity index (χ1) is 10.8. The van der Waals surface area contributed by atoms with E-state index in [1.165, 1.54) is 11.1 Å². The van der Waals surface area contributed by atoms with E-state index in [0.717, 1.165) is 42.8 Å². The number of H-pyrrole nitrogens is 1. The smallest absolute Gasteiger partial charge is 0.124 e. The molecule has 2 heterocycles. The van der Waals surface area contributed by atoms with Crippen molar-refractivity contribution in [1.82, 2.24) is 14.9 Å². The summed E-state index contributed by atoms with van der Waals surface area (Å²) in [4.78, 5) is 10.9. The number of nitrogens with one attached hydrogen (secondary N) is 1. The second-order valence-electron chi connectivity index (χ2n) is 6.05. The van der Waals surface area contributed by atoms with Crippen LogP contribution in [0.25, 0.3) is 11.0 Å². The van der Waals surface area contributed by atoms with Crippen molar-refractivity contribution in [2.24, 2.45) is 0 Å². The zero-order valence-electron chi connectivity index (χ0n) is 12.9. The fourth-order valence-corrected chi connectivity index (χ4v) is 3.54. The van der Waals surface area contributed by atoms with Crippen LogP contribution in [0, 0.1) is 0 Å². The second kappa shape index (κ2) is 5.58. The summed E-state index contributed by atoms with van der Waals surface area (Å²) >= 11 is 0. The Bertz CT molecular complexity index is 757. The summed E-state index contributed by atoms with van der Waals surface area (Å²) in [6.07, 6.45) is 2.20. The third kappa shape index (κ3) is 2.32. The lowest BCUT2D eigenvalue weighted by Crippen LogP contribution is -2.34. The Kier molecular flexibility index (Phi) is 3.43. The lowest BCUT2D eigenvalue weighted by atomic mass is 9.98. The molecule has 1 aliphatic heterocycles. The molecule has 112 valence electrons. The van der Waals surface area contributed by atoms with Crippen molar-refractivity contribution in [3.8, 4) is 0 Å². The molecule has 1 aromatic heterocycles. The molecule has 0 aliphatic carbocycles. The molecule has 1 unspecified atom stereocenters. The zero-order valence-corrected chi connectivity index (χ0v) is 12.9. The van der Waals surface area contributed by atoms with Crippen LogP contribution in [0.4, 0.5) is 0 Å². The molecule has 3 nitrogen and oxygen atoms in total. The van der Waals surface area contributed by atoms with E-state index >= 15 is 0 Å². The monoisotopic (exact) mass is 291 g/mol. The summed E-state index contributed by atoms with van der Waals surface area (Å²) in [5.74, 6) is 1.10. The van der Waals surface area contributed by atoms with E-state index < -0.39 is 0 Å². The molecule has 0 saturated heterocycles. The molecule has 2 aromatic carbocycles. The molecule has 3 aromatic rings. The summed E-state index contributed by atoms with van der Waals surface area (Å²) in [7, 11) is 0. The van der Waals surface area contributed by atoms with E-state index in [4.69, 9.17) is 4.98 Å². The Morgan fingerprint density at radius 1 is 1.09 bits per heavy atom. The van der Waals surface area contributed by atoms with Crippen LogP contribution in [0.2, 0.25) is 0 Å². The van der Waals surface area contributed by atoms with E-state index in [0.29, 0.717) is 6.04 Å². The maximum atomic E-state index is 4.82. The van der Waals surface area contributed by atoms with Gasteiger partial charge in [-0.1, -0.05) is 43.3 Å². The maximum absolute atomic E-state index is 4.82. The number of benzene rings is 2. The molecule has 0 saturated carbocycles. The molecular weight excluding hydrogens is 270 g/mol. The number of para-hydroxylation sites is 2. The van der Waals surface area contributed by atoms with Gasteiger partial charge in [0.2, 0.25) is 0 Å². The Labute approximate surface area is 131 Å². The quantitative estimate of drug-likeness (QED) is 0.788. The lowest BCUT2D eigenvalue weighted by Gasteiger charge is -2.34. The van der Waals surface area contributed by atoms with Gasteiger partial charge in [0.15, 0.2) is 0 Å². The van der Waals surface area contributed by atoms with E-state index in [1.54, 1.807) is 0 Å². The highest BCUT2D eigenvalue weighted by Crippen LogP contribution is 2.29. The Morgan fingerprint density at radius 3 is 2.68 bits per heavy atom. The predicted molar refractivity (Wildman–Crippen MR) is 89.7 cm³/mol. The molecule has 1 N–H and O–H groups in total. The van der Waals surface area contributed by atoms with Crippen molar-refractivity contribution in [3.63, 3.8) is 0 Å². The predicted octanol–water partition coefficient (Wildman–Crippen LogP) is 4.07. The number of rotatable bonds is 3. The second-order valence-corrected chi connectivity index (χ2v) is 6.05. The number of aromatic nitrogens is 2. The number of hydrogen-bond acceptors (Lipinski definition) is 2. The number of nitrogens with zero attached hydrogens (tertiary/aromatic N) is 2. The van der Waals surface area contributed by atoms with Crippen molar-refractivity contribution in [2.75, 3.05) is 6.54 Å². The van der Waals surface area contributed by atoms with Crippen LogP contribution in [-0.2, 0) is 13.0 Å². The largest absolute Gasteiger partial charge is 0.341 e. The first-order valence-corrected chi connectivity index (χ1v) is 8.10. The van der Waals surface area contributed by atoms with Gasteiger partial charge in [0.05, 0.1) is 17.1 Å². The molecule has 0 radical (unpaired) electrons. The van der Waals surface area contributed by atoms with Gasteiger partial charge in [0.1, 0.15) is 5.82 Å². The lowest BCUT2D eigenvalue weighted by molar-refractivity contribution is 0.168. The standard InChI is InChI=1S/C19H21N3/c1-2-18(19-20-16-9-5-6-10-17(16)21-19)22-12-11-14-7-3-4-8-15(14)13-22/h3-10,18H,2,11-13H2,1H3,(H,20,21). The highest BCUT2D eigenvalue weighted by molar-refractivity contribution is 5.74. The maximum Gasteiger partial charge on any atom is 0.124 e. The minimum Gasteiger partial charge on any atom is -0.341 e. The van der Waals surface area contributed by atoms with Crippen LogP contribution < -0.4 is 0 Å². The van der Waals surface area contributed by atoms with Crippen molar-refractivity contribution < 1.29 is 0 Å². The molecule has 4 rings (SSSR count). The van der Waals surface area contributed by atoms with Gasteiger partial charge in [-0.05, 0) is 36.1 Å². The highest BCUT2D eigenvalue weighted by atomic mass is 15.2.